The van der Waals surface area contributed by atoms with Gasteiger partial charge in [-0.15, -0.1) is 0 Å². The van der Waals surface area contributed by atoms with Gasteiger partial charge in [0.15, 0.2) is 6.23 Å². The van der Waals surface area contributed by atoms with Crippen LogP contribution >= 0.6 is 0 Å². The number of nitrogens with zero attached hydrogens (tertiary/aromatic N) is 3. The minimum atomic E-state index is -1.39. The number of hydrogen-bond donors (Lipinski definition) is 6. The Kier molecular flexibility index (Phi) is 6.30. The normalized spacial score (nSPS) is 24.1. The van der Waals surface area contributed by atoms with Crippen molar-refractivity contribution in [2.75, 3.05) is 11.9 Å². The van der Waals surface area contributed by atoms with Crippen LogP contribution in [0.1, 0.15) is 44.3 Å². The number of aliphatic hydroxyl groups excluding tert-OH is 3. The van der Waals surface area contributed by atoms with E-state index < -0.39 is 48.5 Å². The molecule has 170 valence electrons. The average Bonchev–Trinajstić information content (AvgIpc) is 3.20. The lowest BCUT2D eigenvalue weighted by molar-refractivity contribution is -0.121. The molecular formula is C19H28N6O6. The van der Waals surface area contributed by atoms with Gasteiger partial charge in [0.05, 0.1) is 23.1 Å². The first kappa shape index (κ1) is 23.0. The van der Waals surface area contributed by atoms with Gasteiger partial charge in [0.1, 0.15) is 36.1 Å². The van der Waals surface area contributed by atoms with Crippen molar-refractivity contribution >= 4 is 28.7 Å². The first-order valence-electron chi connectivity index (χ1n) is 9.84. The van der Waals surface area contributed by atoms with Gasteiger partial charge in [-0.05, 0) is 27.7 Å². The van der Waals surface area contributed by atoms with E-state index >= 15 is 0 Å². The van der Waals surface area contributed by atoms with E-state index in [0.29, 0.717) is 0 Å². The number of rotatable bonds is 7. The number of fused-ring (bicyclic) bond motifs is 1. The van der Waals surface area contributed by atoms with Crippen LogP contribution < -0.4 is 16.4 Å². The zero-order valence-electron chi connectivity index (χ0n) is 17.7. The van der Waals surface area contributed by atoms with Crippen molar-refractivity contribution in [2.24, 2.45) is 5.73 Å². The lowest BCUT2D eigenvalue weighted by Crippen LogP contribution is -2.52. The van der Waals surface area contributed by atoms with Crippen LogP contribution in [0.4, 0.5) is 5.82 Å². The topological polar surface area (TPSA) is 185 Å². The van der Waals surface area contributed by atoms with Gasteiger partial charge in [0, 0.05) is 12.2 Å². The molecule has 0 saturated carbocycles. The van der Waals surface area contributed by atoms with E-state index in [0.717, 1.165) is 0 Å². The average molecular weight is 436 g/mol. The van der Waals surface area contributed by atoms with Crippen LogP contribution in [0.15, 0.2) is 12.5 Å². The quantitative estimate of drug-likeness (QED) is 0.312. The van der Waals surface area contributed by atoms with Crippen LogP contribution in [0.5, 0.6) is 0 Å². The third-order valence-electron chi connectivity index (χ3n) is 5.12. The van der Waals surface area contributed by atoms with Crippen molar-refractivity contribution in [1.29, 1.82) is 0 Å². The van der Waals surface area contributed by atoms with Gasteiger partial charge in [-0.25, -0.2) is 9.97 Å². The maximum absolute atomic E-state index is 12.9. The Labute approximate surface area is 178 Å². The molecule has 1 fully saturated rings. The fourth-order valence-corrected chi connectivity index (χ4v) is 3.72. The molecule has 31 heavy (non-hydrogen) atoms. The Morgan fingerprint density at radius 2 is 1.97 bits per heavy atom. The summed E-state index contributed by atoms with van der Waals surface area (Å²) in [5.41, 5.74) is 4.75. The fraction of sp³-hybridized carbons (Fsp3) is 0.579. The van der Waals surface area contributed by atoms with E-state index in [1.165, 1.54) is 17.1 Å². The van der Waals surface area contributed by atoms with E-state index in [1.54, 1.807) is 13.8 Å². The summed E-state index contributed by atoms with van der Waals surface area (Å²) in [6.45, 7) is 6.72. The molecule has 12 nitrogen and oxygen atoms in total. The first-order valence-corrected chi connectivity index (χ1v) is 9.84. The highest BCUT2D eigenvalue weighted by Crippen LogP contribution is 2.35. The molecule has 0 radical (unpaired) electrons. The Bertz CT molecular complexity index is 990. The smallest absolute Gasteiger partial charge is 0.251 e. The van der Waals surface area contributed by atoms with Crippen molar-refractivity contribution in [1.82, 2.24) is 19.9 Å². The second kappa shape index (κ2) is 8.48. The standard InChI is InChI=1S/C19H28N6O6/c1-8(2)24-19(3,4)18(30)23-15-11-9(14(20)29)5-25(16(11)22-7-21-15)17-13(28)12(27)10(6-26)31-17/h5,7-8,10,12-13,17,24,26-28H,6H2,1-4H3,(H2,20,29)(H,21,22,23,30)/t10-,12?,13?,17-/m1/s1. The third kappa shape index (κ3) is 4.25. The molecular weight excluding hydrogens is 408 g/mol. The molecule has 7 N–H and O–H groups in total. The number of hydrogen-bond acceptors (Lipinski definition) is 9. The van der Waals surface area contributed by atoms with E-state index in [9.17, 15) is 24.9 Å². The first-order chi connectivity index (χ1) is 14.5. The van der Waals surface area contributed by atoms with Crippen molar-refractivity contribution in [2.45, 2.75) is 63.8 Å². The summed E-state index contributed by atoms with van der Waals surface area (Å²) in [5, 5.41) is 35.8. The molecule has 12 heteroatoms. The van der Waals surface area contributed by atoms with Gasteiger partial charge >= 0.3 is 0 Å². The minimum absolute atomic E-state index is 0.00161. The SMILES string of the molecule is CC(C)NC(C)(C)C(=O)Nc1ncnc2c1c(C(N)=O)cn2[C@@H]1O[C@H](CO)C(O)C1O. The molecule has 3 rings (SSSR count). The zero-order valence-corrected chi connectivity index (χ0v) is 17.7. The highest BCUT2D eigenvalue weighted by Gasteiger charge is 2.44. The molecule has 0 aromatic carbocycles. The molecule has 3 heterocycles. The number of primary amides is 1. The number of carbonyl (C=O) groups excluding carboxylic acids is 2. The molecule has 2 unspecified atom stereocenters. The second-order valence-electron chi connectivity index (χ2n) is 8.34. The van der Waals surface area contributed by atoms with E-state index in [2.05, 4.69) is 20.6 Å². The number of ether oxygens (including phenoxy) is 1. The van der Waals surface area contributed by atoms with E-state index in [1.807, 2.05) is 13.8 Å². The van der Waals surface area contributed by atoms with Gasteiger partial charge in [-0.1, -0.05) is 0 Å². The van der Waals surface area contributed by atoms with Gasteiger partial charge in [-0.3, -0.25) is 9.59 Å². The third-order valence-corrected chi connectivity index (χ3v) is 5.12. The summed E-state index contributed by atoms with van der Waals surface area (Å²) >= 11 is 0. The summed E-state index contributed by atoms with van der Waals surface area (Å²) in [4.78, 5) is 33.2. The van der Waals surface area contributed by atoms with Crippen molar-refractivity contribution in [3.63, 3.8) is 0 Å². The summed E-state index contributed by atoms with van der Waals surface area (Å²) in [7, 11) is 0. The van der Waals surface area contributed by atoms with E-state index in [4.69, 9.17) is 10.5 Å². The zero-order chi connectivity index (χ0) is 23.1. The monoisotopic (exact) mass is 436 g/mol. The van der Waals surface area contributed by atoms with Crippen LogP contribution in [0.3, 0.4) is 0 Å². The molecule has 1 saturated heterocycles. The number of amides is 2. The number of anilines is 1. The molecule has 4 atom stereocenters. The molecule has 2 aromatic rings. The highest BCUT2D eigenvalue weighted by molar-refractivity contribution is 6.12. The number of nitrogens with one attached hydrogen (secondary N) is 2. The predicted octanol–water partition coefficient (Wildman–Crippen LogP) is -1.14. The Morgan fingerprint density at radius 3 is 2.52 bits per heavy atom. The largest absolute Gasteiger partial charge is 0.394 e. The lowest BCUT2D eigenvalue weighted by Gasteiger charge is -2.27. The van der Waals surface area contributed by atoms with Crippen LogP contribution in [-0.4, -0.2) is 78.2 Å². The molecule has 1 aliphatic heterocycles. The Hall–Kier alpha value is -2.64. The fourth-order valence-electron chi connectivity index (χ4n) is 3.72. The van der Waals surface area contributed by atoms with Gasteiger partial charge < -0.3 is 41.0 Å². The maximum Gasteiger partial charge on any atom is 0.251 e. The summed E-state index contributed by atoms with van der Waals surface area (Å²) in [5.74, 6) is -1.13. The molecule has 0 bridgehead atoms. The van der Waals surface area contributed by atoms with E-state index in [-0.39, 0.29) is 28.5 Å². The van der Waals surface area contributed by atoms with Gasteiger partial charge in [0.25, 0.3) is 5.91 Å². The molecule has 2 aromatic heterocycles. The molecule has 1 aliphatic rings. The van der Waals surface area contributed by atoms with Crippen molar-refractivity contribution in [3.05, 3.63) is 18.1 Å². The van der Waals surface area contributed by atoms with Crippen LogP contribution in [-0.2, 0) is 9.53 Å². The Morgan fingerprint density at radius 1 is 1.29 bits per heavy atom. The van der Waals surface area contributed by atoms with Crippen LogP contribution in [0.2, 0.25) is 0 Å². The van der Waals surface area contributed by atoms with Crippen LogP contribution in [0, 0.1) is 0 Å². The summed E-state index contributed by atoms with van der Waals surface area (Å²) in [6.07, 6.45) is -2.39. The van der Waals surface area contributed by atoms with Crippen molar-refractivity contribution < 1.29 is 29.6 Å². The minimum Gasteiger partial charge on any atom is -0.394 e. The predicted molar refractivity (Wildman–Crippen MR) is 110 cm³/mol. The highest BCUT2D eigenvalue weighted by atomic mass is 16.6. The molecule has 0 spiro atoms. The number of nitrogens with two attached hydrogens (primary N) is 1. The Balaban J connectivity index is 2.06. The molecule has 2 amide bonds. The number of aliphatic hydroxyl groups is 3. The van der Waals surface area contributed by atoms with Crippen LogP contribution in [0.25, 0.3) is 11.0 Å². The van der Waals surface area contributed by atoms with Gasteiger partial charge in [-0.2, -0.15) is 0 Å². The second-order valence-corrected chi connectivity index (χ2v) is 8.34. The number of aromatic nitrogens is 3. The molecule has 0 aliphatic carbocycles. The number of carbonyl (C=O) groups is 2. The van der Waals surface area contributed by atoms with Crippen molar-refractivity contribution in [3.8, 4) is 0 Å². The lowest BCUT2D eigenvalue weighted by atomic mass is 10.0. The maximum atomic E-state index is 12.9. The van der Waals surface area contributed by atoms with Gasteiger partial charge in [0.2, 0.25) is 5.91 Å². The summed E-state index contributed by atoms with van der Waals surface area (Å²) in [6, 6.07) is 0.0420. The summed E-state index contributed by atoms with van der Waals surface area (Å²) < 4.78 is 6.87.